The van der Waals surface area contributed by atoms with Gasteiger partial charge in [0.15, 0.2) is 0 Å². The number of amides is 1. The van der Waals surface area contributed by atoms with Crippen LogP contribution in [-0.4, -0.2) is 59.0 Å². The summed E-state index contributed by atoms with van der Waals surface area (Å²) in [5.41, 5.74) is 5.32. The second-order valence-corrected chi connectivity index (χ2v) is 12.7. The van der Waals surface area contributed by atoms with Gasteiger partial charge in [0.1, 0.15) is 0 Å². The van der Waals surface area contributed by atoms with E-state index in [1.54, 1.807) is 6.08 Å². The molecule has 0 aliphatic rings. The van der Waals surface area contributed by atoms with Crippen LogP contribution in [0.4, 0.5) is 0 Å². The molecule has 4 unspecified atom stereocenters. The van der Waals surface area contributed by atoms with Gasteiger partial charge in [-0.05, 0) is 32.1 Å². The van der Waals surface area contributed by atoms with Gasteiger partial charge >= 0.3 is 7.82 Å². The van der Waals surface area contributed by atoms with Gasteiger partial charge in [0.05, 0.1) is 37.9 Å². The zero-order chi connectivity index (χ0) is 31.3. The van der Waals surface area contributed by atoms with Crippen LogP contribution < -0.4 is 11.1 Å². The van der Waals surface area contributed by atoms with Gasteiger partial charge in [0.2, 0.25) is 5.91 Å². The van der Waals surface area contributed by atoms with Crippen LogP contribution >= 0.6 is 7.82 Å². The molecule has 1 amide bonds. The van der Waals surface area contributed by atoms with E-state index >= 15 is 0 Å². The normalized spacial score (nSPS) is 15.7. The third-order valence-corrected chi connectivity index (χ3v) is 8.07. The summed E-state index contributed by atoms with van der Waals surface area (Å²) in [6.45, 7) is 3.86. The molecule has 6 N–H and O–H groups in total. The minimum absolute atomic E-state index is 0.0452. The summed E-state index contributed by atoms with van der Waals surface area (Å²) in [6.07, 6.45) is 25.6. The Hall–Kier alpha value is -1.06. The average Bonchev–Trinajstić information content (AvgIpc) is 2.96. The zero-order valence-electron chi connectivity index (χ0n) is 26.6. The fraction of sp³-hybridized carbons (Fsp3) is 0.844. The highest BCUT2D eigenvalue weighted by molar-refractivity contribution is 7.47. The third-order valence-electron chi connectivity index (χ3n) is 7.08. The third kappa shape index (κ3) is 26.6. The second kappa shape index (κ2) is 28.7. The molecule has 0 spiro atoms. The molecule has 248 valence electrons. The molecule has 0 saturated heterocycles. The van der Waals surface area contributed by atoms with E-state index in [1.165, 1.54) is 70.6 Å². The lowest BCUT2D eigenvalue weighted by molar-refractivity contribution is -0.124. The lowest BCUT2D eigenvalue weighted by Crippen LogP contribution is -2.46. The molecular formula is C32H63N2O7P. The fourth-order valence-electron chi connectivity index (χ4n) is 4.54. The molecule has 4 atom stereocenters. The summed E-state index contributed by atoms with van der Waals surface area (Å²) in [7, 11) is -4.39. The van der Waals surface area contributed by atoms with Crippen LogP contribution in [0.3, 0.4) is 0 Å². The topological polar surface area (TPSA) is 151 Å². The fourth-order valence-corrected chi connectivity index (χ4v) is 5.30. The number of carbonyl (C=O) groups excluding carboxylic acids is 1. The zero-order valence-corrected chi connectivity index (χ0v) is 27.5. The molecule has 0 radical (unpaired) electrons. The molecule has 0 bridgehead atoms. The van der Waals surface area contributed by atoms with Crippen LogP contribution in [0.2, 0.25) is 0 Å². The van der Waals surface area contributed by atoms with Crippen molar-refractivity contribution in [3.05, 3.63) is 24.3 Å². The first-order chi connectivity index (χ1) is 20.3. The molecule has 0 heterocycles. The Labute approximate surface area is 256 Å². The Morgan fingerprint density at radius 1 is 0.810 bits per heavy atom. The van der Waals surface area contributed by atoms with Crippen molar-refractivity contribution in [2.75, 3.05) is 19.8 Å². The van der Waals surface area contributed by atoms with Gasteiger partial charge in [-0.3, -0.25) is 13.8 Å². The van der Waals surface area contributed by atoms with E-state index in [-0.39, 0.29) is 19.6 Å². The maximum atomic E-state index is 12.6. The summed E-state index contributed by atoms with van der Waals surface area (Å²) >= 11 is 0. The van der Waals surface area contributed by atoms with Crippen LogP contribution in [0.15, 0.2) is 24.3 Å². The van der Waals surface area contributed by atoms with Crippen molar-refractivity contribution in [3.8, 4) is 0 Å². The molecule has 0 aromatic rings. The monoisotopic (exact) mass is 618 g/mol. The number of unbranched alkanes of at least 4 members (excludes halogenated alkanes) is 14. The van der Waals surface area contributed by atoms with Gasteiger partial charge in [-0.1, -0.05) is 122 Å². The molecule has 0 aromatic heterocycles. The molecule has 0 fully saturated rings. The van der Waals surface area contributed by atoms with Gasteiger partial charge in [-0.25, -0.2) is 4.57 Å². The van der Waals surface area contributed by atoms with E-state index in [0.29, 0.717) is 12.8 Å². The van der Waals surface area contributed by atoms with Gasteiger partial charge in [-0.2, -0.15) is 0 Å². The molecule has 0 aliphatic heterocycles. The van der Waals surface area contributed by atoms with Crippen molar-refractivity contribution in [2.24, 2.45) is 5.73 Å². The van der Waals surface area contributed by atoms with Crippen LogP contribution in [-0.2, 0) is 18.4 Å². The smallest absolute Gasteiger partial charge is 0.393 e. The highest BCUT2D eigenvalue weighted by Gasteiger charge is 2.27. The van der Waals surface area contributed by atoms with E-state index in [0.717, 1.165) is 32.1 Å². The van der Waals surface area contributed by atoms with E-state index in [1.807, 2.05) is 6.08 Å². The predicted octanol–water partition coefficient (Wildman–Crippen LogP) is 6.85. The van der Waals surface area contributed by atoms with Crippen LogP contribution in [0.1, 0.15) is 136 Å². The Balaban J connectivity index is 4.62. The SMILES string of the molecule is CCCCCCC/C=C/CC/C=C/C(O)C(COP(=O)(O)OCCN)NC(=O)CC(O)CCCCCCCCCCC. The molecule has 0 aromatic carbocycles. The number of rotatable bonds is 30. The van der Waals surface area contributed by atoms with Crippen molar-refractivity contribution >= 4 is 13.7 Å². The highest BCUT2D eigenvalue weighted by atomic mass is 31.2. The number of phosphoric acid groups is 1. The highest BCUT2D eigenvalue weighted by Crippen LogP contribution is 2.43. The van der Waals surface area contributed by atoms with Gasteiger partial charge in [0, 0.05) is 6.54 Å². The first-order valence-electron chi connectivity index (χ1n) is 16.5. The number of nitrogens with two attached hydrogens (primary N) is 1. The summed E-state index contributed by atoms with van der Waals surface area (Å²) in [5.74, 6) is -0.461. The van der Waals surface area contributed by atoms with Crippen LogP contribution in [0.25, 0.3) is 0 Å². The van der Waals surface area contributed by atoms with Crippen molar-refractivity contribution in [3.63, 3.8) is 0 Å². The Morgan fingerprint density at radius 3 is 1.98 bits per heavy atom. The maximum absolute atomic E-state index is 12.6. The molecule has 0 aliphatic carbocycles. The summed E-state index contributed by atoms with van der Waals surface area (Å²) in [6, 6.07) is -0.991. The largest absolute Gasteiger partial charge is 0.472 e. The van der Waals surface area contributed by atoms with E-state index in [9.17, 15) is 24.5 Å². The molecule has 0 rings (SSSR count). The lowest BCUT2D eigenvalue weighted by atomic mass is 10.0. The summed E-state index contributed by atoms with van der Waals surface area (Å²) in [4.78, 5) is 22.5. The second-order valence-electron chi connectivity index (χ2n) is 11.2. The quantitative estimate of drug-likeness (QED) is 0.0333. The average molecular weight is 619 g/mol. The number of carbonyl (C=O) groups is 1. The number of aliphatic hydroxyl groups is 2. The lowest BCUT2D eigenvalue weighted by Gasteiger charge is -2.24. The minimum atomic E-state index is -4.39. The number of hydrogen-bond donors (Lipinski definition) is 5. The number of hydrogen-bond acceptors (Lipinski definition) is 7. The molecule has 42 heavy (non-hydrogen) atoms. The van der Waals surface area contributed by atoms with Gasteiger partial charge in [-0.15, -0.1) is 0 Å². The van der Waals surface area contributed by atoms with Crippen molar-refractivity contribution in [2.45, 2.75) is 154 Å². The van der Waals surface area contributed by atoms with Crippen LogP contribution in [0.5, 0.6) is 0 Å². The first-order valence-corrected chi connectivity index (χ1v) is 18.0. The van der Waals surface area contributed by atoms with Crippen molar-refractivity contribution in [1.82, 2.24) is 5.32 Å². The van der Waals surface area contributed by atoms with E-state index < -0.39 is 38.6 Å². The summed E-state index contributed by atoms with van der Waals surface area (Å²) < 4.78 is 21.8. The minimum Gasteiger partial charge on any atom is -0.393 e. The van der Waals surface area contributed by atoms with E-state index in [2.05, 4.69) is 31.3 Å². The summed E-state index contributed by atoms with van der Waals surface area (Å²) in [5, 5.41) is 23.7. The van der Waals surface area contributed by atoms with E-state index in [4.69, 9.17) is 14.8 Å². The first kappa shape index (κ1) is 40.9. The number of allylic oxidation sites excluding steroid dienone is 3. The number of aliphatic hydroxyl groups excluding tert-OH is 2. The Kier molecular flexibility index (Phi) is 28.0. The Bertz CT molecular complexity index is 736. The van der Waals surface area contributed by atoms with Gasteiger partial charge in [0.25, 0.3) is 0 Å². The van der Waals surface area contributed by atoms with Crippen molar-refractivity contribution in [1.29, 1.82) is 0 Å². The van der Waals surface area contributed by atoms with Crippen LogP contribution in [0, 0.1) is 0 Å². The number of nitrogens with one attached hydrogen (secondary N) is 1. The Morgan fingerprint density at radius 2 is 1.36 bits per heavy atom. The number of phosphoric ester groups is 1. The predicted molar refractivity (Wildman–Crippen MR) is 172 cm³/mol. The molecule has 9 nitrogen and oxygen atoms in total. The molecular weight excluding hydrogens is 555 g/mol. The van der Waals surface area contributed by atoms with Gasteiger partial charge < -0.3 is 26.2 Å². The molecule has 0 saturated carbocycles. The standard InChI is InChI=1S/C32H63N2O7P/c1-3-5-7-9-11-13-14-16-18-20-22-24-31(36)30(28-41-42(38,39)40-26-25-33)34-32(37)27-29(35)23-21-19-17-15-12-10-8-6-4-2/h14,16,22,24,29-31,35-36H,3-13,15,17-21,23,25-28,33H2,1-2H3,(H,34,37)(H,38,39)/b16-14+,24-22+. The molecule has 10 heteroatoms. The van der Waals surface area contributed by atoms with Crippen molar-refractivity contribution < 1.29 is 33.5 Å². The maximum Gasteiger partial charge on any atom is 0.472 e.